The first-order chi connectivity index (χ1) is 11.3. The number of aliphatic hydroxyl groups excluding tert-OH is 1. The molecule has 0 saturated carbocycles. The van der Waals surface area contributed by atoms with Crippen LogP contribution in [-0.4, -0.2) is 16.3 Å². The summed E-state index contributed by atoms with van der Waals surface area (Å²) < 4.78 is 0. The Labute approximate surface area is 138 Å². The van der Waals surface area contributed by atoms with E-state index in [4.69, 9.17) is 5.73 Å². The van der Waals surface area contributed by atoms with Crippen molar-refractivity contribution >= 4 is 28.5 Å². The van der Waals surface area contributed by atoms with Gasteiger partial charge in [0.2, 0.25) is 5.13 Å². The Morgan fingerprint density at radius 1 is 1.13 bits per heavy atom. The highest BCUT2D eigenvalue weighted by atomic mass is 32.1. The van der Waals surface area contributed by atoms with E-state index in [2.05, 4.69) is 15.5 Å². The lowest BCUT2D eigenvalue weighted by Crippen LogP contribution is -1.95. The first-order valence-corrected chi connectivity index (χ1v) is 7.94. The predicted molar refractivity (Wildman–Crippen MR) is 95.5 cm³/mol. The number of rotatable bonds is 5. The fraction of sp³-hybridized carbons (Fsp3) is 0.0588. The number of aromatic nitrogens is 1. The molecule has 6 heteroatoms. The van der Waals surface area contributed by atoms with Crippen molar-refractivity contribution in [3.63, 3.8) is 0 Å². The second-order valence-electron chi connectivity index (χ2n) is 4.85. The number of aliphatic hydroxyl groups is 1. The first kappa shape index (κ1) is 15.2. The summed E-state index contributed by atoms with van der Waals surface area (Å²) >= 11 is 1.40. The van der Waals surface area contributed by atoms with E-state index in [0.717, 1.165) is 22.3 Å². The molecule has 0 spiro atoms. The molecule has 3 rings (SSSR count). The summed E-state index contributed by atoms with van der Waals surface area (Å²) in [7, 11) is 0. The van der Waals surface area contributed by atoms with Crippen LogP contribution in [0.25, 0.3) is 11.1 Å². The normalized spacial score (nSPS) is 11.0. The molecule has 23 heavy (non-hydrogen) atoms. The van der Waals surface area contributed by atoms with E-state index in [1.54, 1.807) is 11.6 Å². The van der Waals surface area contributed by atoms with Crippen molar-refractivity contribution in [2.75, 3.05) is 11.2 Å². The summed E-state index contributed by atoms with van der Waals surface area (Å²) in [6.45, 7) is -0.00169. The lowest BCUT2D eigenvalue weighted by atomic mass is 9.96. The second kappa shape index (κ2) is 7.04. The standard InChI is InChI=1S/C17H16N4OS/c18-16-11-23-17(20-16)21-19-9-12-5-1-3-7-14(12)15-8-4-2-6-13(15)10-22/h1-9,11,22H,10,18H2,(H,20,21). The maximum atomic E-state index is 9.53. The van der Waals surface area contributed by atoms with Crippen LogP contribution in [0.2, 0.25) is 0 Å². The molecule has 0 aliphatic heterocycles. The third kappa shape index (κ3) is 3.56. The van der Waals surface area contributed by atoms with Crippen LogP contribution in [0.1, 0.15) is 11.1 Å². The number of benzene rings is 2. The van der Waals surface area contributed by atoms with E-state index in [1.807, 2.05) is 48.5 Å². The Morgan fingerprint density at radius 2 is 1.87 bits per heavy atom. The number of thiazole rings is 1. The number of nitrogen functional groups attached to an aromatic ring is 1. The van der Waals surface area contributed by atoms with Crippen LogP contribution in [-0.2, 0) is 6.61 Å². The summed E-state index contributed by atoms with van der Waals surface area (Å²) in [5.41, 5.74) is 12.3. The van der Waals surface area contributed by atoms with Crippen molar-refractivity contribution < 1.29 is 5.11 Å². The minimum absolute atomic E-state index is 0.00169. The van der Waals surface area contributed by atoms with Crippen LogP contribution >= 0.6 is 11.3 Å². The molecule has 1 aromatic heterocycles. The molecule has 0 amide bonds. The van der Waals surface area contributed by atoms with Gasteiger partial charge in [-0.3, -0.25) is 5.43 Å². The molecule has 5 nitrogen and oxygen atoms in total. The predicted octanol–water partition coefficient (Wildman–Crippen LogP) is 3.33. The summed E-state index contributed by atoms with van der Waals surface area (Å²) in [4.78, 5) is 4.09. The van der Waals surface area contributed by atoms with Gasteiger partial charge in [-0.1, -0.05) is 48.5 Å². The number of hydrogen-bond acceptors (Lipinski definition) is 6. The maximum absolute atomic E-state index is 9.53. The smallest absolute Gasteiger partial charge is 0.205 e. The number of anilines is 2. The number of nitrogens with one attached hydrogen (secondary N) is 1. The summed E-state index contributed by atoms with van der Waals surface area (Å²) in [5.74, 6) is 0.477. The average Bonchev–Trinajstić information content (AvgIpc) is 3.00. The van der Waals surface area contributed by atoms with Gasteiger partial charge in [0, 0.05) is 10.9 Å². The Morgan fingerprint density at radius 3 is 2.61 bits per heavy atom. The van der Waals surface area contributed by atoms with Gasteiger partial charge >= 0.3 is 0 Å². The van der Waals surface area contributed by atoms with Gasteiger partial charge in [-0.25, -0.2) is 4.98 Å². The quantitative estimate of drug-likeness (QED) is 0.496. The monoisotopic (exact) mass is 324 g/mol. The molecule has 0 atom stereocenters. The number of hydrazone groups is 1. The first-order valence-electron chi connectivity index (χ1n) is 7.06. The molecule has 2 aromatic carbocycles. The van der Waals surface area contributed by atoms with E-state index >= 15 is 0 Å². The maximum Gasteiger partial charge on any atom is 0.205 e. The molecule has 0 bridgehead atoms. The van der Waals surface area contributed by atoms with Gasteiger partial charge in [-0.2, -0.15) is 5.10 Å². The lowest BCUT2D eigenvalue weighted by Gasteiger charge is -2.10. The van der Waals surface area contributed by atoms with Gasteiger partial charge in [-0.15, -0.1) is 11.3 Å². The molecule has 3 aromatic rings. The Kier molecular flexibility index (Phi) is 4.65. The highest BCUT2D eigenvalue weighted by Gasteiger charge is 2.07. The summed E-state index contributed by atoms with van der Waals surface area (Å²) in [6, 6.07) is 15.7. The minimum atomic E-state index is -0.00169. The highest BCUT2D eigenvalue weighted by molar-refractivity contribution is 7.14. The third-order valence-electron chi connectivity index (χ3n) is 3.32. The van der Waals surface area contributed by atoms with Crippen LogP contribution in [0.4, 0.5) is 10.9 Å². The van der Waals surface area contributed by atoms with Crippen molar-refractivity contribution in [3.05, 3.63) is 65.0 Å². The fourth-order valence-electron chi connectivity index (χ4n) is 2.27. The molecule has 4 N–H and O–H groups in total. The lowest BCUT2D eigenvalue weighted by molar-refractivity contribution is 0.282. The molecule has 0 fully saturated rings. The Bertz CT molecular complexity index is 829. The summed E-state index contributed by atoms with van der Waals surface area (Å²) in [5, 5.41) is 16.2. The van der Waals surface area contributed by atoms with Crippen LogP contribution in [0, 0.1) is 0 Å². The molecular formula is C17H16N4OS. The topological polar surface area (TPSA) is 83.5 Å². The molecule has 0 saturated heterocycles. The van der Waals surface area contributed by atoms with Crippen LogP contribution < -0.4 is 11.2 Å². The summed E-state index contributed by atoms with van der Waals surface area (Å²) in [6.07, 6.45) is 1.74. The van der Waals surface area contributed by atoms with Gasteiger partial charge in [0.1, 0.15) is 5.82 Å². The molecular weight excluding hydrogens is 308 g/mol. The van der Waals surface area contributed by atoms with E-state index in [9.17, 15) is 5.11 Å². The van der Waals surface area contributed by atoms with Crippen molar-refractivity contribution in [1.29, 1.82) is 0 Å². The van der Waals surface area contributed by atoms with E-state index in [-0.39, 0.29) is 6.61 Å². The zero-order valence-corrected chi connectivity index (χ0v) is 13.1. The van der Waals surface area contributed by atoms with E-state index < -0.39 is 0 Å². The van der Waals surface area contributed by atoms with Gasteiger partial charge in [-0.05, 0) is 16.7 Å². The number of nitrogens with two attached hydrogens (primary N) is 1. The van der Waals surface area contributed by atoms with Gasteiger partial charge in [0.15, 0.2) is 0 Å². The SMILES string of the molecule is Nc1csc(NN=Cc2ccccc2-c2ccccc2CO)n1. The van der Waals surface area contributed by atoms with Gasteiger partial charge < -0.3 is 10.8 Å². The highest BCUT2D eigenvalue weighted by Crippen LogP contribution is 2.26. The molecule has 0 aliphatic rings. The fourth-order valence-corrected chi connectivity index (χ4v) is 2.82. The average molecular weight is 324 g/mol. The van der Waals surface area contributed by atoms with Crippen LogP contribution in [0.3, 0.4) is 0 Å². The van der Waals surface area contributed by atoms with Crippen molar-refractivity contribution in [3.8, 4) is 11.1 Å². The van der Waals surface area contributed by atoms with Crippen molar-refractivity contribution in [2.24, 2.45) is 5.10 Å². The Hall–Kier alpha value is -2.70. The minimum Gasteiger partial charge on any atom is -0.392 e. The number of hydrogen-bond donors (Lipinski definition) is 3. The zero-order chi connectivity index (χ0) is 16.1. The second-order valence-corrected chi connectivity index (χ2v) is 5.71. The molecule has 1 heterocycles. The third-order valence-corrected chi connectivity index (χ3v) is 4.09. The molecule has 0 radical (unpaired) electrons. The Balaban J connectivity index is 1.89. The van der Waals surface area contributed by atoms with Crippen LogP contribution in [0.15, 0.2) is 59.0 Å². The van der Waals surface area contributed by atoms with Gasteiger partial charge in [0.05, 0.1) is 12.8 Å². The number of nitrogens with zero attached hydrogens (tertiary/aromatic N) is 2. The van der Waals surface area contributed by atoms with Crippen molar-refractivity contribution in [1.82, 2.24) is 4.98 Å². The van der Waals surface area contributed by atoms with Crippen molar-refractivity contribution in [2.45, 2.75) is 6.61 Å². The van der Waals surface area contributed by atoms with Gasteiger partial charge in [0.25, 0.3) is 0 Å². The zero-order valence-electron chi connectivity index (χ0n) is 12.3. The molecule has 0 unspecified atom stereocenters. The molecule has 0 aliphatic carbocycles. The van der Waals surface area contributed by atoms with E-state index in [1.165, 1.54) is 11.3 Å². The molecule has 116 valence electrons. The largest absolute Gasteiger partial charge is 0.392 e. The van der Waals surface area contributed by atoms with E-state index in [0.29, 0.717) is 10.9 Å². The van der Waals surface area contributed by atoms with Crippen LogP contribution in [0.5, 0.6) is 0 Å².